The van der Waals surface area contributed by atoms with Crippen molar-refractivity contribution in [2.24, 2.45) is 0 Å². The Kier molecular flexibility index (Phi) is 6.41. The summed E-state index contributed by atoms with van der Waals surface area (Å²) in [5.41, 5.74) is 0.936. The van der Waals surface area contributed by atoms with Crippen molar-refractivity contribution >= 4 is 22.5 Å². The molecule has 0 aliphatic carbocycles. The van der Waals surface area contributed by atoms with Crippen molar-refractivity contribution in [1.82, 2.24) is 19.7 Å². The quantitative estimate of drug-likeness (QED) is 0.324. The van der Waals surface area contributed by atoms with Gasteiger partial charge in [-0.15, -0.1) is 16.8 Å². The van der Waals surface area contributed by atoms with Gasteiger partial charge in [-0.25, -0.2) is 0 Å². The number of ether oxygens (including phenoxy) is 1. The first-order valence-corrected chi connectivity index (χ1v) is 10.6. The normalized spacial score (nSPS) is 12.0. The molecule has 4 aromatic rings. The van der Waals surface area contributed by atoms with E-state index in [2.05, 4.69) is 21.8 Å². The van der Waals surface area contributed by atoms with E-state index in [0.29, 0.717) is 12.3 Å². The van der Waals surface area contributed by atoms with E-state index in [9.17, 15) is 5.11 Å². The molecular formula is C23H22N4O2S. The second kappa shape index (κ2) is 9.56. The summed E-state index contributed by atoms with van der Waals surface area (Å²) in [5.74, 6) is 1.96. The van der Waals surface area contributed by atoms with Gasteiger partial charge in [-0.1, -0.05) is 54.2 Å². The minimum atomic E-state index is -0.646. The summed E-state index contributed by atoms with van der Waals surface area (Å²) in [4.78, 5) is 4.05. The maximum absolute atomic E-state index is 10.5. The molecule has 7 heteroatoms. The van der Waals surface area contributed by atoms with Gasteiger partial charge in [0, 0.05) is 35.6 Å². The highest BCUT2D eigenvalue weighted by Gasteiger charge is 2.16. The molecule has 0 unspecified atom stereocenters. The maximum Gasteiger partial charge on any atom is 0.191 e. The van der Waals surface area contributed by atoms with Crippen LogP contribution in [-0.4, -0.2) is 43.3 Å². The summed E-state index contributed by atoms with van der Waals surface area (Å²) < 4.78 is 7.87. The van der Waals surface area contributed by atoms with E-state index >= 15 is 0 Å². The SMILES string of the molecule is C=CCn1c(SC[C@H](O)COc2cccc3ccccc23)nnc1-c1ccncc1. The first kappa shape index (κ1) is 20.1. The van der Waals surface area contributed by atoms with Crippen LogP contribution in [0.15, 0.2) is 84.8 Å². The van der Waals surface area contributed by atoms with E-state index in [1.165, 1.54) is 11.8 Å². The standard InChI is InChI=1S/C23H22N4O2S/c1-2-14-27-22(18-10-12-24-13-11-18)25-26-23(27)30-16-19(28)15-29-21-9-5-7-17-6-3-4-8-20(17)21/h2-13,19,28H,1,14-16H2/t19-/m1/s1. The van der Waals surface area contributed by atoms with Crippen LogP contribution in [0.5, 0.6) is 5.75 Å². The summed E-state index contributed by atoms with van der Waals surface area (Å²) in [7, 11) is 0. The van der Waals surface area contributed by atoms with Crippen LogP contribution in [0.3, 0.4) is 0 Å². The predicted molar refractivity (Wildman–Crippen MR) is 120 cm³/mol. The summed E-state index contributed by atoms with van der Waals surface area (Å²) in [6, 6.07) is 17.7. The van der Waals surface area contributed by atoms with Crippen molar-refractivity contribution in [1.29, 1.82) is 0 Å². The van der Waals surface area contributed by atoms with Gasteiger partial charge in [-0.05, 0) is 23.6 Å². The lowest BCUT2D eigenvalue weighted by Crippen LogP contribution is -2.20. The topological polar surface area (TPSA) is 73.1 Å². The summed E-state index contributed by atoms with van der Waals surface area (Å²) in [6.07, 6.45) is 4.61. The Labute approximate surface area is 179 Å². The fourth-order valence-electron chi connectivity index (χ4n) is 3.13. The summed E-state index contributed by atoms with van der Waals surface area (Å²) in [6.45, 7) is 4.61. The number of aromatic nitrogens is 4. The Morgan fingerprint density at radius 2 is 1.87 bits per heavy atom. The molecule has 2 aromatic carbocycles. The molecular weight excluding hydrogens is 396 g/mol. The number of aliphatic hydroxyl groups is 1. The third-order valence-corrected chi connectivity index (χ3v) is 5.66. The molecule has 2 heterocycles. The lowest BCUT2D eigenvalue weighted by atomic mass is 10.1. The Balaban J connectivity index is 1.41. The van der Waals surface area contributed by atoms with Crippen molar-refractivity contribution in [3.8, 4) is 17.1 Å². The van der Waals surface area contributed by atoms with Gasteiger partial charge >= 0.3 is 0 Å². The van der Waals surface area contributed by atoms with Gasteiger partial charge in [-0.2, -0.15) is 0 Å². The number of thioether (sulfide) groups is 1. The third kappa shape index (κ3) is 4.53. The predicted octanol–water partition coefficient (Wildman–Crippen LogP) is 4.21. The van der Waals surface area contributed by atoms with E-state index in [-0.39, 0.29) is 6.61 Å². The molecule has 2 aromatic heterocycles. The molecule has 0 saturated heterocycles. The van der Waals surface area contributed by atoms with Crippen LogP contribution in [0.4, 0.5) is 0 Å². The van der Waals surface area contributed by atoms with Crippen LogP contribution in [0.1, 0.15) is 0 Å². The minimum Gasteiger partial charge on any atom is -0.490 e. The van der Waals surface area contributed by atoms with E-state index in [0.717, 1.165) is 33.1 Å². The van der Waals surface area contributed by atoms with E-state index in [1.807, 2.05) is 59.2 Å². The summed E-state index contributed by atoms with van der Waals surface area (Å²) >= 11 is 1.45. The highest BCUT2D eigenvalue weighted by molar-refractivity contribution is 7.99. The summed E-state index contributed by atoms with van der Waals surface area (Å²) in [5, 5.41) is 21.9. The van der Waals surface area contributed by atoms with Crippen LogP contribution in [0.25, 0.3) is 22.2 Å². The number of pyridine rings is 1. The Bertz CT molecular complexity index is 1130. The Morgan fingerprint density at radius 3 is 2.70 bits per heavy atom. The minimum absolute atomic E-state index is 0.202. The van der Waals surface area contributed by atoms with Gasteiger partial charge in [0.25, 0.3) is 0 Å². The zero-order chi connectivity index (χ0) is 20.8. The lowest BCUT2D eigenvalue weighted by Gasteiger charge is -2.14. The zero-order valence-corrected chi connectivity index (χ0v) is 17.2. The largest absolute Gasteiger partial charge is 0.490 e. The maximum atomic E-state index is 10.5. The average Bonchev–Trinajstić information content (AvgIpc) is 3.19. The van der Waals surface area contributed by atoms with Crippen molar-refractivity contribution in [2.45, 2.75) is 17.8 Å². The zero-order valence-electron chi connectivity index (χ0n) is 16.4. The number of benzene rings is 2. The molecule has 30 heavy (non-hydrogen) atoms. The Hall–Kier alpha value is -3.16. The molecule has 4 rings (SSSR count). The van der Waals surface area contributed by atoms with Crippen LogP contribution < -0.4 is 4.74 Å². The second-order valence-electron chi connectivity index (χ2n) is 6.69. The monoisotopic (exact) mass is 418 g/mol. The lowest BCUT2D eigenvalue weighted by molar-refractivity contribution is 0.127. The van der Waals surface area contributed by atoms with Crippen LogP contribution >= 0.6 is 11.8 Å². The van der Waals surface area contributed by atoms with Crippen molar-refractivity contribution in [2.75, 3.05) is 12.4 Å². The van der Waals surface area contributed by atoms with Gasteiger partial charge in [0.05, 0.1) is 6.10 Å². The van der Waals surface area contributed by atoms with E-state index < -0.39 is 6.10 Å². The number of fused-ring (bicyclic) bond motifs is 1. The number of aliphatic hydroxyl groups excluding tert-OH is 1. The van der Waals surface area contributed by atoms with Crippen LogP contribution in [-0.2, 0) is 6.54 Å². The molecule has 1 atom stereocenters. The number of rotatable bonds is 9. The van der Waals surface area contributed by atoms with Gasteiger partial charge < -0.3 is 9.84 Å². The Morgan fingerprint density at radius 1 is 1.07 bits per heavy atom. The molecule has 0 amide bonds. The van der Waals surface area contributed by atoms with Crippen LogP contribution in [0, 0.1) is 0 Å². The van der Waals surface area contributed by atoms with E-state index in [4.69, 9.17) is 4.74 Å². The van der Waals surface area contributed by atoms with Gasteiger partial charge in [0.2, 0.25) is 0 Å². The molecule has 0 aliphatic rings. The highest BCUT2D eigenvalue weighted by atomic mass is 32.2. The smallest absolute Gasteiger partial charge is 0.191 e. The molecule has 0 fully saturated rings. The molecule has 0 radical (unpaired) electrons. The first-order valence-electron chi connectivity index (χ1n) is 9.62. The van der Waals surface area contributed by atoms with Gasteiger partial charge in [0.15, 0.2) is 11.0 Å². The van der Waals surface area contributed by atoms with Crippen molar-refractivity contribution in [3.63, 3.8) is 0 Å². The fourth-order valence-corrected chi connectivity index (χ4v) is 3.98. The molecule has 0 spiro atoms. The van der Waals surface area contributed by atoms with E-state index in [1.54, 1.807) is 18.5 Å². The molecule has 1 N–H and O–H groups in total. The molecule has 0 aliphatic heterocycles. The fraction of sp³-hybridized carbons (Fsp3) is 0.174. The molecule has 6 nitrogen and oxygen atoms in total. The number of hydrogen-bond acceptors (Lipinski definition) is 6. The molecule has 152 valence electrons. The highest BCUT2D eigenvalue weighted by Crippen LogP contribution is 2.26. The van der Waals surface area contributed by atoms with Gasteiger partial charge in [-0.3, -0.25) is 9.55 Å². The van der Waals surface area contributed by atoms with Gasteiger partial charge in [0.1, 0.15) is 12.4 Å². The first-order chi connectivity index (χ1) is 14.8. The number of hydrogen-bond donors (Lipinski definition) is 1. The average molecular weight is 419 g/mol. The number of nitrogens with zero attached hydrogens (tertiary/aromatic N) is 4. The second-order valence-corrected chi connectivity index (χ2v) is 7.68. The molecule has 0 saturated carbocycles. The van der Waals surface area contributed by atoms with Crippen LogP contribution in [0.2, 0.25) is 0 Å². The van der Waals surface area contributed by atoms with Crippen molar-refractivity contribution in [3.05, 3.63) is 79.6 Å². The number of allylic oxidation sites excluding steroid dienone is 1. The third-order valence-electron chi connectivity index (χ3n) is 4.55. The molecule has 0 bridgehead atoms. The van der Waals surface area contributed by atoms with Crippen molar-refractivity contribution < 1.29 is 9.84 Å².